The second-order valence-corrected chi connectivity index (χ2v) is 8.48. The molecule has 0 radical (unpaired) electrons. The molecule has 2 saturated heterocycles. The Morgan fingerprint density at radius 1 is 0.962 bits per heavy atom. The molecule has 2 aliphatic heterocycles. The van der Waals surface area contributed by atoms with Gasteiger partial charge in [-0.2, -0.15) is 0 Å². The largest absolute Gasteiger partial charge is 0.342 e. The van der Waals surface area contributed by atoms with Crippen LogP contribution < -0.4 is 0 Å². The van der Waals surface area contributed by atoms with E-state index < -0.39 is 0 Å². The smallest absolute Gasteiger partial charge is 0.225 e. The fourth-order valence-corrected chi connectivity index (χ4v) is 5.01. The second kappa shape index (κ2) is 8.07. The van der Waals surface area contributed by atoms with Crippen LogP contribution in [0.25, 0.3) is 0 Å². The molecular weight excluding hydrogens is 326 g/mol. The van der Waals surface area contributed by atoms with E-state index >= 15 is 0 Å². The van der Waals surface area contributed by atoms with Gasteiger partial charge in [-0.15, -0.1) is 10.2 Å². The van der Waals surface area contributed by atoms with Crippen molar-refractivity contribution in [3.63, 3.8) is 0 Å². The number of hydrogen-bond donors (Lipinski definition) is 0. The summed E-state index contributed by atoms with van der Waals surface area (Å²) < 4.78 is 2.20. The maximum Gasteiger partial charge on any atom is 0.225 e. The molecule has 3 fully saturated rings. The third-order valence-electron chi connectivity index (χ3n) is 6.62. The van der Waals surface area contributed by atoms with Gasteiger partial charge in [0.05, 0.1) is 6.54 Å². The third-order valence-corrected chi connectivity index (χ3v) is 6.62. The Morgan fingerprint density at radius 2 is 1.73 bits per heavy atom. The highest BCUT2D eigenvalue weighted by molar-refractivity contribution is 5.79. The van der Waals surface area contributed by atoms with E-state index in [1.807, 2.05) is 0 Å². The number of piperidine rings is 2. The van der Waals surface area contributed by atoms with E-state index in [9.17, 15) is 4.79 Å². The number of carbonyl (C=O) groups is 1. The van der Waals surface area contributed by atoms with Gasteiger partial charge < -0.3 is 9.47 Å². The summed E-state index contributed by atoms with van der Waals surface area (Å²) in [6.45, 7) is 5.00. The van der Waals surface area contributed by atoms with Crippen LogP contribution in [-0.2, 0) is 18.4 Å². The molecule has 1 atom stereocenters. The Kier molecular flexibility index (Phi) is 5.57. The van der Waals surface area contributed by atoms with Crippen LogP contribution in [0.1, 0.15) is 75.4 Å². The van der Waals surface area contributed by atoms with Gasteiger partial charge in [-0.25, -0.2) is 0 Å². The topological polar surface area (TPSA) is 54.3 Å². The fraction of sp³-hybridized carbons (Fsp3) is 0.850. The van der Waals surface area contributed by atoms with E-state index in [1.54, 1.807) is 0 Å². The molecule has 0 N–H and O–H groups in total. The number of aromatic nitrogens is 3. The standard InChI is InChI=1S/C20H33N5O/c1-23-18(15-24-11-5-2-6-12-24)21-22-19(23)17-10-7-13-25(14-17)20(26)16-8-3-4-9-16/h16-17H,2-15H2,1H3/t17-/m1/s1. The Morgan fingerprint density at radius 3 is 2.50 bits per heavy atom. The molecule has 0 aromatic carbocycles. The van der Waals surface area contributed by atoms with Crippen LogP contribution in [0.3, 0.4) is 0 Å². The number of nitrogens with zero attached hydrogens (tertiary/aromatic N) is 5. The molecule has 1 aromatic heterocycles. The maximum atomic E-state index is 12.8. The molecule has 1 amide bonds. The van der Waals surface area contributed by atoms with Crippen molar-refractivity contribution in [2.75, 3.05) is 26.2 Å². The molecule has 3 heterocycles. The summed E-state index contributed by atoms with van der Waals surface area (Å²) >= 11 is 0. The quantitative estimate of drug-likeness (QED) is 0.829. The van der Waals surface area contributed by atoms with Gasteiger partial charge in [0, 0.05) is 32.0 Å². The van der Waals surface area contributed by atoms with Crippen LogP contribution in [0.5, 0.6) is 0 Å². The highest BCUT2D eigenvalue weighted by atomic mass is 16.2. The predicted octanol–water partition coefficient (Wildman–Crippen LogP) is 2.70. The number of likely N-dealkylation sites (tertiary alicyclic amines) is 2. The SMILES string of the molecule is Cn1c(CN2CCCCC2)nnc1[C@@H]1CCCN(C(=O)C2CCCC2)C1. The van der Waals surface area contributed by atoms with Crippen molar-refractivity contribution in [2.45, 2.75) is 70.3 Å². The number of carbonyl (C=O) groups excluding carboxylic acids is 1. The van der Waals surface area contributed by atoms with Gasteiger partial charge in [-0.05, 0) is 51.6 Å². The van der Waals surface area contributed by atoms with E-state index in [4.69, 9.17) is 0 Å². The van der Waals surface area contributed by atoms with Crippen molar-refractivity contribution in [2.24, 2.45) is 13.0 Å². The number of amides is 1. The number of hydrogen-bond acceptors (Lipinski definition) is 4. The molecular formula is C20H33N5O. The molecule has 1 aliphatic carbocycles. The molecule has 0 bridgehead atoms. The Hall–Kier alpha value is -1.43. The van der Waals surface area contributed by atoms with E-state index in [2.05, 4.69) is 31.6 Å². The molecule has 0 unspecified atom stereocenters. The zero-order valence-corrected chi connectivity index (χ0v) is 16.2. The average molecular weight is 360 g/mol. The van der Waals surface area contributed by atoms with Gasteiger partial charge in [0.1, 0.15) is 11.6 Å². The zero-order valence-electron chi connectivity index (χ0n) is 16.2. The lowest BCUT2D eigenvalue weighted by Crippen LogP contribution is -2.42. The molecule has 1 aromatic rings. The van der Waals surface area contributed by atoms with Gasteiger partial charge in [-0.3, -0.25) is 9.69 Å². The molecule has 6 heteroatoms. The summed E-state index contributed by atoms with van der Waals surface area (Å²) in [5, 5.41) is 9.04. The lowest BCUT2D eigenvalue weighted by Gasteiger charge is -2.34. The summed E-state index contributed by atoms with van der Waals surface area (Å²) in [7, 11) is 2.10. The highest BCUT2D eigenvalue weighted by Crippen LogP contribution is 2.31. The summed E-state index contributed by atoms with van der Waals surface area (Å²) in [4.78, 5) is 17.4. The minimum absolute atomic E-state index is 0.280. The van der Waals surface area contributed by atoms with Crippen molar-refractivity contribution < 1.29 is 4.79 Å². The molecule has 144 valence electrons. The first-order valence-corrected chi connectivity index (χ1v) is 10.6. The fourth-order valence-electron chi connectivity index (χ4n) is 5.01. The van der Waals surface area contributed by atoms with Gasteiger partial charge >= 0.3 is 0 Å². The van der Waals surface area contributed by atoms with E-state index in [-0.39, 0.29) is 5.92 Å². The van der Waals surface area contributed by atoms with E-state index in [0.717, 1.165) is 57.0 Å². The van der Waals surface area contributed by atoms with Gasteiger partial charge in [0.25, 0.3) is 0 Å². The third kappa shape index (κ3) is 3.80. The van der Waals surface area contributed by atoms with E-state index in [0.29, 0.717) is 11.8 Å². The van der Waals surface area contributed by atoms with Crippen LogP contribution >= 0.6 is 0 Å². The lowest BCUT2D eigenvalue weighted by atomic mass is 9.95. The minimum atomic E-state index is 0.280. The number of rotatable bonds is 4. The van der Waals surface area contributed by atoms with Crippen molar-refractivity contribution in [3.8, 4) is 0 Å². The van der Waals surface area contributed by atoms with Crippen LogP contribution in [0.2, 0.25) is 0 Å². The summed E-state index contributed by atoms with van der Waals surface area (Å²) in [5.41, 5.74) is 0. The Bertz CT molecular complexity index is 616. The molecule has 4 rings (SSSR count). The van der Waals surface area contributed by atoms with Gasteiger partial charge in [0.15, 0.2) is 0 Å². The Balaban J connectivity index is 1.41. The first kappa shape index (κ1) is 18.0. The van der Waals surface area contributed by atoms with E-state index in [1.165, 1.54) is 45.2 Å². The van der Waals surface area contributed by atoms with Crippen LogP contribution in [0.4, 0.5) is 0 Å². The van der Waals surface area contributed by atoms with Crippen molar-refractivity contribution in [1.82, 2.24) is 24.6 Å². The summed E-state index contributed by atoms with van der Waals surface area (Å²) in [5.74, 6) is 3.15. The highest BCUT2D eigenvalue weighted by Gasteiger charge is 2.32. The van der Waals surface area contributed by atoms with Crippen molar-refractivity contribution >= 4 is 5.91 Å². The first-order chi connectivity index (χ1) is 12.7. The zero-order chi connectivity index (χ0) is 17.9. The lowest BCUT2D eigenvalue weighted by molar-refractivity contribution is -0.136. The van der Waals surface area contributed by atoms with Crippen LogP contribution in [-0.4, -0.2) is 56.7 Å². The molecule has 3 aliphatic rings. The molecule has 1 saturated carbocycles. The normalized spacial score (nSPS) is 25.7. The Labute approximate surface area is 156 Å². The second-order valence-electron chi connectivity index (χ2n) is 8.48. The maximum absolute atomic E-state index is 12.8. The first-order valence-electron chi connectivity index (χ1n) is 10.6. The monoisotopic (exact) mass is 359 g/mol. The molecule has 26 heavy (non-hydrogen) atoms. The van der Waals surface area contributed by atoms with Crippen molar-refractivity contribution in [1.29, 1.82) is 0 Å². The van der Waals surface area contributed by atoms with Crippen LogP contribution in [0, 0.1) is 5.92 Å². The van der Waals surface area contributed by atoms with Gasteiger partial charge in [0.2, 0.25) is 5.91 Å². The summed E-state index contributed by atoms with van der Waals surface area (Å²) in [6, 6.07) is 0. The van der Waals surface area contributed by atoms with Crippen molar-refractivity contribution in [3.05, 3.63) is 11.6 Å². The predicted molar refractivity (Wildman–Crippen MR) is 101 cm³/mol. The van der Waals surface area contributed by atoms with Gasteiger partial charge in [-0.1, -0.05) is 19.3 Å². The average Bonchev–Trinajstić information content (AvgIpc) is 3.33. The molecule has 0 spiro atoms. The molecule has 6 nitrogen and oxygen atoms in total. The minimum Gasteiger partial charge on any atom is -0.342 e. The van der Waals surface area contributed by atoms with Crippen LogP contribution in [0.15, 0.2) is 0 Å². The summed E-state index contributed by atoms with van der Waals surface area (Å²) in [6.07, 6.45) is 10.8.